The van der Waals surface area contributed by atoms with Gasteiger partial charge in [-0.3, -0.25) is 19.3 Å². The lowest BCUT2D eigenvalue weighted by molar-refractivity contribution is -0.141. The summed E-state index contributed by atoms with van der Waals surface area (Å²) in [7, 11) is 2.92. The molecule has 2 aromatic rings. The van der Waals surface area contributed by atoms with Crippen molar-refractivity contribution in [3.63, 3.8) is 0 Å². The molecule has 0 atom stereocenters. The second-order valence-electron chi connectivity index (χ2n) is 5.99. The maximum atomic E-state index is 12.6. The van der Waals surface area contributed by atoms with Crippen LogP contribution in [0, 0.1) is 0 Å². The van der Waals surface area contributed by atoms with Gasteiger partial charge in [-0.2, -0.15) is 0 Å². The van der Waals surface area contributed by atoms with Gasteiger partial charge in [0.25, 0.3) is 11.1 Å². The zero-order valence-electron chi connectivity index (χ0n) is 15.1. The number of hydrogen-bond acceptors (Lipinski definition) is 6. The summed E-state index contributed by atoms with van der Waals surface area (Å²) in [5.74, 6) is -0.660. The Labute approximate surface area is 160 Å². The number of benzene rings is 1. The quantitative estimate of drug-likeness (QED) is 0.412. The van der Waals surface area contributed by atoms with E-state index in [0.717, 1.165) is 28.2 Å². The molecule has 0 unspecified atom stereocenters. The minimum Gasteiger partial charge on any atom is -0.468 e. The molecule has 3 rings (SSSR count). The smallest absolute Gasteiger partial charge is 0.325 e. The van der Waals surface area contributed by atoms with Crippen molar-refractivity contribution in [3.8, 4) is 0 Å². The fourth-order valence-corrected chi connectivity index (χ4v) is 3.78. The minimum atomic E-state index is -0.360. The Morgan fingerprint density at radius 1 is 1.22 bits per heavy atom. The van der Waals surface area contributed by atoms with Crippen LogP contribution in [0.1, 0.15) is 12.0 Å². The molecule has 1 aliphatic rings. The Morgan fingerprint density at radius 3 is 2.74 bits per heavy atom. The van der Waals surface area contributed by atoms with E-state index in [1.54, 1.807) is 23.9 Å². The van der Waals surface area contributed by atoms with Crippen LogP contribution >= 0.6 is 11.8 Å². The summed E-state index contributed by atoms with van der Waals surface area (Å²) in [5.41, 5.74) is 1.63. The van der Waals surface area contributed by atoms with Gasteiger partial charge in [0.1, 0.15) is 6.54 Å². The van der Waals surface area contributed by atoms with E-state index < -0.39 is 0 Å². The first-order chi connectivity index (χ1) is 13.0. The second kappa shape index (κ2) is 8.41. The molecule has 0 saturated carbocycles. The molecule has 1 aromatic carbocycles. The number of rotatable bonds is 7. The van der Waals surface area contributed by atoms with E-state index in [4.69, 9.17) is 9.47 Å². The largest absolute Gasteiger partial charge is 0.468 e. The molecule has 7 nitrogen and oxygen atoms in total. The Hall–Kier alpha value is -2.58. The van der Waals surface area contributed by atoms with E-state index in [-0.39, 0.29) is 23.7 Å². The molecule has 8 heteroatoms. The van der Waals surface area contributed by atoms with Gasteiger partial charge in [0, 0.05) is 42.9 Å². The molecule has 142 valence electrons. The lowest BCUT2D eigenvalue weighted by Crippen LogP contribution is -2.29. The highest BCUT2D eigenvalue weighted by Gasteiger charge is 2.34. The van der Waals surface area contributed by atoms with Crippen LogP contribution in [0.5, 0.6) is 0 Å². The number of nitrogens with zero attached hydrogens (tertiary/aromatic N) is 2. The normalized spacial score (nSPS) is 15.9. The van der Waals surface area contributed by atoms with Gasteiger partial charge >= 0.3 is 5.97 Å². The van der Waals surface area contributed by atoms with Crippen molar-refractivity contribution in [2.24, 2.45) is 0 Å². The van der Waals surface area contributed by atoms with E-state index in [0.29, 0.717) is 24.5 Å². The Bertz CT molecular complexity index is 918. The summed E-state index contributed by atoms with van der Waals surface area (Å²) in [6.45, 7) is 0.894. The summed E-state index contributed by atoms with van der Waals surface area (Å²) in [6.07, 6.45) is 4.10. The van der Waals surface area contributed by atoms with Crippen LogP contribution in [-0.2, 0) is 25.6 Å². The zero-order valence-corrected chi connectivity index (χ0v) is 16.0. The maximum absolute atomic E-state index is 12.6. The van der Waals surface area contributed by atoms with Crippen LogP contribution in [0.15, 0.2) is 35.4 Å². The number of ether oxygens (including phenoxy) is 2. The first-order valence-corrected chi connectivity index (χ1v) is 9.25. The van der Waals surface area contributed by atoms with Gasteiger partial charge in [-0.15, -0.1) is 0 Å². The first-order valence-electron chi connectivity index (χ1n) is 8.44. The van der Waals surface area contributed by atoms with Crippen molar-refractivity contribution in [3.05, 3.63) is 40.9 Å². The molecule has 1 aliphatic heterocycles. The summed E-state index contributed by atoms with van der Waals surface area (Å²) in [4.78, 5) is 38.0. The number of para-hydroxylation sites is 1. The van der Waals surface area contributed by atoms with Crippen LogP contribution in [0.3, 0.4) is 0 Å². The molecule has 1 fully saturated rings. The standard InChI is InChI=1S/C19H20N2O5S/c1-25-9-5-8-21-18(23)16(27-19(21)24)10-13-11-20(12-17(22)26-2)15-7-4-3-6-14(13)15/h3-4,6-7,10-11H,5,8-9,12H2,1-2H3/b16-10+. The highest BCUT2D eigenvalue weighted by Crippen LogP contribution is 2.34. The lowest BCUT2D eigenvalue weighted by atomic mass is 10.1. The predicted octanol–water partition coefficient (Wildman–Crippen LogP) is 2.89. The van der Waals surface area contributed by atoms with Gasteiger partial charge in [0.2, 0.25) is 0 Å². The Kier molecular flexibility index (Phi) is 5.98. The Morgan fingerprint density at radius 2 is 2.00 bits per heavy atom. The molecule has 27 heavy (non-hydrogen) atoms. The molecule has 1 aromatic heterocycles. The lowest BCUT2D eigenvalue weighted by Gasteiger charge is -2.11. The number of imide groups is 1. The first kappa shape index (κ1) is 19.2. The minimum absolute atomic E-state index is 0.0728. The van der Waals surface area contributed by atoms with Crippen molar-refractivity contribution in [1.82, 2.24) is 9.47 Å². The maximum Gasteiger partial charge on any atom is 0.325 e. The number of aromatic nitrogens is 1. The molecule has 0 aliphatic carbocycles. The monoisotopic (exact) mass is 388 g/mol. The predicted molar refractivity (Wildman–Crippen MR) is 103 cm³/mol. The number of hydrogen-bond donors (Lipinski definition) is 0. The second-order valence-corrected chi connectivity index (χ2v) is 6.98. The van der Waals surface area contributed by atoms with Crippen molar-refractivity contribution in [2.45, 2.75) is 13.0 Å². The van der Waals surface area contributed by atoms with E-state index in [1.807, 2.05) is 24.3 Å². The van der Waals surface area contributed by atoms with Crippen LogP contribution in [-0.4, -0.2) is 54.0 Å². The molecule has 2 amide bonds. The van der Waals surface area contributed by atoms with Crippen molar-refractivity contribution in [2.75, 3.05) is 27.4 Å². The van der Waals surface area contributed by atoms with Gasteiger partial charge in [-0.05, 0) is 30.3 Å². The van der Waals surface area contributed by atoms with Crippen molar-refractivity contribution >= 4 is 45.9 Å². The van der Waals surface area contributed by atoms with Gasteiger partial charge in [-0.1, -0.05) is 18.2 Å². The summed E-state index contributed by atoms with van der Waals surface area (Å²) >= 11 is 0.928. The number of esters is 1. The topological polar surface area (TPSA) is 77.8 Å². The molecule has 0 bridgehead atoms. The third-order valence-corrected chi connectivity index (χ3v) is 5.14. The average Bonchev–Trinajstić information content (AvgIpc) is 3.14. The van der Waals surface area contributed by atoms with Crippen molar-refractivity contribution < 1.29 is 23.9 Å². The van der Waals surface area contributed by atoms with E-state index in [1.165, 1.54) is 12.0 Å². The zero-order chi connectivity index (χ0) is 19.4. The summed E-state index contributed by atoms with van der Waals surface area (Å²) in [6, 6.07) is 7.58. The van der Waals surface area contributed by atoms with Gasteiger partial charge in [-0.25, -0.2) is 0 Å². The van der Waals surface area contributed by atoms with E-state index in [2.05, 4.69) is 0 Å². The number of methoxy groups -OCH3 is 2. The molecule has 2 heterocycles. The van der Waals surface area contributed by atoms with Gasteiger partial charge in [0.15, 0.2) is 0 Å². The SMILES string of the molecule is COCCCN1C(=O)S/C(=C/c2cn(CC(=O)OC)c3ccccc23)C1=O. The number of amides is 2. The number of carbonyl (C=O) groups is 3. The van der Waals surface area contributed by atoms with Gasteiger partial charge in [0.05, 0.1) is 12.0 Å². The highest BCUT2D eigenvalue weighted by atomic mass is 32.2. The fourth-order valence-electron chi connectivity index (χ4n) is 2.93. The average molecular weight is 388 g/mol. The summed E-state index contributed by atoms with van der Waals surface area (Å²) < 4.78 is 11.5. The highest BCUT2D eigenvalue weighted by molar-refractivity contribution is 8.18. The van der Waals surface area contributed by atoms with E-state index >= 15 is 0 Å². The third kappa shape index (κ3) is 4.06. The molecular formula is C19H20N2O5S. The Balaban J connectivity index is 1.90. The van der Waals surface area contributed by atoms with Crippen molar-refractivity contribution in [1.29, 1.82) is 0 Å². The fraction of sp³-hybridized carbons (Fsp3) is 0.316. The van der Waals surface area contributed by atoms with Crippen LogP contribution in [0.4, 0.5) is 4.79 Å². The van der Waals surface area contributed by atoms with Gasteiger partial charge < -0.3 is 14.0 Å². The number of carbonyl (C=O) groups excluding carboxylic acids is 3. The number of fused-ring (bicyclic) bond motifs is 1. The molecule has 0 N–H and O–H groups in total. The third-order valence-electron chi connectivity index (χ3n) is 4.24. The van der Waals surface area contributed by atoms with E-state index in [9.17, 15) is 14.4 Å². The van der Waals surface area contributed by atoms with Crippen LogP contribution < -0.4 is 0 Å². The summed E-state index contributed by atoms with van der Waals surface area (Å²) in [5, 5.41) is 0.619. The van der Waals surface area contributed by atoms with Crippen LogP contribution in [0.2, 0.25) is 0 Å². The molecular weight excluding hydrogens is 368 g/mol. The van der Waals surface area contributed by atoms with Crippen LogP contribution in [0.25, 0.3) is 17.0 Å². The number of thioether (sulfide) groups is 1. The molecule has 0 radical (unpaired) electrons. The molecule has 0 spiro atoms. The molecule has 1 saturated heterocycles.